The summed E-state index contributed by atoms with van der Waals surface area (Å²) in [6.07, 6.45) is 14.0. The molecule has 2 saturated carbocycles. The molecule has 0 aliphatic heterocycles. The van der Waals surface area contributed by atoms with Crippen molar-refractivity contribution in [2.24, 2.45) is 5.92 Å². The number of aromatic nitrogens is 1. The molecule has 31 heavy (non-hydrogen) atoms. The lowest BCUT2D eigenvalue weighted by atomic mass is 9.85. The van der Waals surface area contributed by atoms with Gasteiger partial charge in [0.05, 0.1) is 23.4 Å². The Morgan fingerprint density at radius 2 is 1.81 bits per heavy atom. The monoisotopic (exact) mass is 467 g/mol. The lowest BCUT2D eigenvalue weighted by Crippen LogP contribution is -2.50. The van der Waals surface area contributed by atoms with Crippen LogP contribution < -0.4 is 5.32 Å². The SMILES string of the molecule is CCOC(=O)CCSc1cnc(NC(=O)N(C2CCCCCC2)[C@H]2CC[C@H](C)CC2)s1. The Labute approximate surface area is 194 Å². The first-order chi connectivity index (χ1) is 15.1. The van der Waals surface area contributed by atoms with Crippen LogP contribution in [0.1, 0.15) is 84.5 Å². The summed E-state index contributed by atoms with van der Waals surface area (Å²) in [5.41, 5.74) is 0. The van der Waals surface area contributed by atoms with E-state index in [2.05, 4.69) is 22.1 Å². The van der Waals surface area contributed by atoms with Gasteiger partial charge in [0.1, 0.15) is 0 Å². The van der Waals surface area contributed by atoms with E-state index in [9.17, 15) is 9.59 Å². The van der Waals surface area contributed by atoms with Gasteiger partial charge in [0.25, 0.3) is 0 Å². The molecule has 1 heterocycles. The molecule has 0 bridgehead atoms. The van der Waals surface area contributed by atoms with Gasteiger partial charge in [-0.3, -0.25) is 10.1 Å². The zero-order chi connectivity index (χ0) is 22.1. The molecule has 1 N–H and O–H groups in total. The van der Waals surface area contributed by atoms with Gasteiger partial charge in [-0.2, -0.15) is 0 Å². The number of hydrogen-bond donors (Lipinski definition) is 1. The largest absolute Gasteiger partial charge is 0.466 e. The van der Waals surface area contributed by atoms with E-state index in [0.29, 0.717) is 36.0 Å². The van der Waals surface area contributed by atoms with Crippen LogP contribution in [0.3, 0.4) is 0 Å². The summed E-state index contributed by atoms with van der Waals surface area (Å²) in [6.45, 7) is 4.55. The maximum atomic E-state index is 13.4. The van der Waals surface area contributed by atoms with Gasteiger partial charge in [-0.1, -0.05) is 43.9 Å². The minimum Gasteiger partial charge on any atom is -0.466 e. The fraction of sp³-hybridized carbons (Fsp3) is 0.783. The van der Waals surface area contributed by atoms with Crippen molar-refractivity contribution in [1.82, 2.24) is 9.88 Å². The molecule has 2 amide bonds. The number of hydrogen-bond acceptors (Lipinski definition) is 6. The highest BCUT2D eigenvalue weighted by Crippen LogP contribution is 2.33. The molecule has 1 aromatic rings. The smallest absolute Gasteiger partial charge is 0.324 e. The van der Waals surface area contributed by atoms with Crippen molar-refractivity contribution in [3.63, 3.8) is 0 Å². The number of thioether (sulfide) groups is 1. The van der Waals surface area contributed by atoms with Crippen LogP contribution in [0.15, 0.2) is 10.4 Å². The summed E-state index contributed by atoms with van der Waals surface area (Å²) in [5.74, 6) is 1.25. The molecule has 0 unspecified atom stereocenters. The molecule has 2 fully saturated rings. The topological polar surface area (TPSA) is 71.5 Å². The minimum absolute atomic E-state index is 0.0175. The summed E-state index contributed by atoms with van der Waals surface area (Å²) < 4.78 is 5.97. The van der Waals surface area contributed by atoms with E-state index in [0.717, 1.165) is 35.8 Å². The van der Waals surface area contributed by atoms with Crippen molar-refractivity contribution < 1.29 is 14.3 Å². The summed E-state index contributed by atoms with van der Waals surface area (Å²) >= 11 is 3.06. The Morgan fingerprint density at radius 3 is 2.48 bits per heavy atom. The first-order valence-electron chi connectivity index (χ1n) is 11.9. The van der Waals surface area contributed by atoms with Crippen molar-refractivity contribution in [1.29, 1.82) is 0 Å². The van der Waals surface area contributed by atoms with Crippen LogP contribution in [0.5, 0.6) is 0 Å². The summed E-state index contributed by atoms with van der Waals surface area (Å²) in [7, 11) is 0. The second-order valence-corrected chi connectivity index (χ2v) is 11.2. The normalized spacial score (nSPS) is 22.5. The molecule has 0 spiro atoms. The third-order valence-electron chi connectivity index (χ3n) is 6.39. The van der Waals surface area contributed by atoms with E-state index in [-0.39, 0.29) is 12.0 Å². The number of nitrogens with zero attached hydrogens (tertiary/aromatic N) is 2. The van der Waals surface area contributed by atoms with Gasteiger partial charge in [0, 0.05) is 17.8 Å². The number of urea groups is 1. The van der Waals surface area contributed by atoms with Crippen LogP contribution in [-0.2, 0) is 9.53 Å². The van der Waals surface area contributed by atoms with Crippen molar-refractivity contribution in [3.8, 4) is 0 Å². The Balaban J connectivity index is 1.59. The molecule has 2 aliphatic carbocycles. The van der Waals surface area contributed by atoms with Crippen LogP contribution >= 0.6 is 23.1 Å². The quantitative estimate of drug-likeness (QED) is 0.275. The van der Waals surface area contributed by atoms with Gasteiger partial charge >= 0.3 is 12.0 Å². The second kappa shape index (κ2) is 12.7. The van der Waals surface area contributed by atoms with Crippen LogP contribution in [-0.4, -0.2) is 46.3 Å². The number of carbonyl (C=O) groups excluding carboxylic acids is 2. The highest BCUT2D eigenvalue weighted by Gasteiger charge is 2.33. The molecular formula is C23H37N3O3S2. The molecule has 0 atom stereocenters. The fourth-order valence-electron chi connectivity index (χ4n) is 4.69. The highest BCUT2D eigenvalue weighted by molar-refractivity contribution is 8.01. The molecule has 2 aliphatic rings. The minimum atomic E-state index is -0.172. The van der Waals surface area contributed by atoms with E-state index >= 15 is 0 Å². The number of esters is 1. The number of carbonyl (C=O) groups is 2. The molecule has 0 saturated heterocycles. The predicted octanol–water partition coefficient (Wildman–Crippen LogP) is 6.32. The maximum absolute atomic E-state index is 13.4. The summed E-state index contributed by atoms with van der Waals surface area (Å²) in [4.78, 5) is 31.5. The average molecular weight is 468 g/mol. The molecule has 6 nitrogen and oxygen atoms in total. The average Bonchev–Trinajstić information content (AvgIpc) is 3.01. The number of anilines is 1. The number of rotatable bonds is 8. The van der Waals surface area contributed by atoms with Gasteiger partial charge in [0.15, 0.2) is 5.13 Å². The summed E-state index contributed by atoms with van der Waals surface area (Å²) in [5, 5.41) is 3.74. The molecule has 174 valence electrons. The van der Waals surface area contributed by atoms with E-state index in [1.807, 2.05) is 6.92 Å². The molecular weight excluding hydrogens is 430 g/mol. The van der Waals surface area contributed by atoms with E-state index in [1.54, 1.807) is 18.0 Å². The van der Waals surface area contributed by atoms with E-state index in [4.69, 9.17) is 4.74 Å². The van der Waals surface area contributed by atoms with Gasteiger partial charge in [0.2, 0.25) is 0 Å². The van der Waals surface area contributed by atoms with Gasteiger partial charge in [-0.15, -0.1) is 11.8 Å². The molecule has 0 radical (unpaired) electrons. The predicted molar refractivity (Wildman–Crippen MR) is 128 cm³/mol. The standard InChI is InChI=1S/C23H37N3O3S2/c1-3-29-20(27)14-15-30-21-16-24-22(31-21)25-23(28)26(18-8-6-4-5-7-9-18)19-12-10-17(2)11-13-19/h16-19H,3-15H2,1-2H3,(H,24,25,28)/t17-,19-. The third-order valence-corrected chi connectivity index (χ3v) is 8.49. The highest BCUT2D eigenvalue weighted by atomic mass is 32.2. The Kier molecular flexibility index (Phi) is 9.96. The van der Waals surface area contributed by atoms with E-state index < -0.39 is 0 Å². The van der Waals surface area contributed by atoms with Crippen LogP contribution in [0, 0.1) is 5.92 Å². The number of thiazole rings is 1. The number of nitrogens with one attached hydrogen (secondary N) is 1. The molecule has 8 heteroatoms. The maximum Gasteiger partial charge on any atom is 0.324 e. The lowest BCUT2D eigenvalue weighted by Gasteiger charge is -2.40. The molecule has 3 rings (SSSR count). The number of ether oxygens (including phenoxy) is 1. The Bertz CT molecular complexity index is 696. The van der Waals surface area contributed by atoms with Gasteiger partial charge in [-0.25, -0.2) is 9.78 Å². The van der Waals surface area contributed by atoms with Crippen molar-refractivity contribution in [2.45, 2.75) is 101 Å². The third kappa shape index (κ3) is 7.67. The molecule has 0 aromatic carbocycles. The van der Waals surface area contributed by atoms with Crippen molar-refractivity contribution in [3.05, 3.63) is 6.20 Å². The van der Waals surface area contributed by atoms with Crippen LogP contribution in [0.2, 0.25) is 0 Å². The Morgan fingerprint density at radius 1 is 1.13 bits per heavy atom. The van der Waals surface area contributed by atoms with Gasteiger partial charge in [-0.05, 0) is 51.4 Å². The van der Waals surface area contributed by atoms with Crippen LogP contribution in [0.25, 0.3) is 0 Å². The summed E-state index contributed by atoms with van der Waals surface area (Å²) in [6, 6.07) is 0.709. The first-order valence-corrected chi connectivity index (χ1v) is 13.7. The zero-order valence-electron chi connectivity index (χ0n) is 18.9. The van der Waals surface area contributed by atoms with E-state index in [1.165, 1.54) is 49.9 Å². The Hall–Kier alpha value is -1.28. The fourth-order valence-corrected chi connectivity index (χ4v) is 6.55. The van der Waals surface area contributed by atoms with Gasteiger partial charge < -0.3 is 9.64 Å². The lowest BCUT2D eigenvalue weighted by molar-refractivity contribution is -0.142. The second-order valence-electron chi connectivity index (χ2n) is 8.78. The van der Waals surface area contributed by atoms with Crippen molar-refractivity contribution >= 4 is 40.2 Å². The first kappa shape index (κ1) is 24.4. The zero-order valence-corrected chi connectivity index (χ0v) is 20.6. The molecule has 1 aromatic heterocycles. The number of amides is 2. The van der Waals surface area contributed by atoms with Crippen LogP contribution in [0.4, 0.5) is 9.93 Å². The van der Waals surface area contributed by atoms with Crippen molar-refractivity contribution in [2.75, 3.05) is 17.7 Å².